The van der Waals surface area contributed by atoms with Crippen LogP contribution in [0.3, 0.4) is 0 Å². The number of amides is 1. The van der Waals surface area contributed by atoms with Crippen LogP contribution < -0.4 is 10.1 Å². The van der Waals surface area contributed by atoms with Crippen molar-refractivity contribution in [3.8, 4) is 5.75 Å². The molecule has 1 amide bonds. The largest absolute Gasteiger partial charge is 0.495 e. The van der Waals surface area contributed by atoms with Crippen LogP contribution in [0.1, 0.15) is 38.2 Å². The maximum Gasteiger partial charge on any atom is 0.224 e. The van der Waals surface area contributed by atoms with E-state index >= 15 is 0 Å². The van der Waals surface area contributed by atoms with E-state index in [1.807, 2.05) is 18.2 Å². The summed E-state index contributed by atoms with van der Waals surface area (Å²) < 4.78 is 5.28. The summed E-state index contributed by atoms with van der Waals surface area (Å²) in [7, 11) is 1.59. The fourth-order valence-electron chi connectivity index (χ4n) is 1.62. The topological polar surface area (TPSA) is 58.6 Å². The maximum atomic E-state index is 11.6. The van der Waals surface area contributed by atoms with Crippen molar-refractivity contribution in [3.05, 3.63) is 23.8 Å². The van der Waals surface area contributed by atoms with E-state index in [-0.39, 0.29) is 12.5 Å². The summed E-state index contributed by atoms with van der Waals surface area (Å²) in [6.45, 7) is 4.24. The van der Waals surface area contributed by atoms with Crippen molar-refractivity contribution in [2.45, 2.75) is 32.6 Å². The van der Waals surface area contributed by atoms with Gasteiger partial charge in [-0.2, -0.15) is 0 Å². The van der Waals surface area contributed by atoms with E-state index in [1.54, 1.807) is 7.11 Å². The van der Waals surface area contributed by atoms with E-state index in [9.17, 15) is 4.79 Å². The Morgan fingerprint density at radius 3 is 2.72 bits per heavy atom. The van der Waals surface area contributed by atoms with Crippen LogP contribution in [0, 0.1) is 0 Å². The Kier molecular flexibility index (Phi) is 5.65. The molecule has 0 radical (unpaired) electrons. The van der Waals surface area contributed by atoms with Gasteiger partial charge in [0, 0.05) is 13.0 Å². The van der Waals surface area contributed by atoms with E-state index in [4.69, 9.17) is 9.84 Å². The highest BCUT2D eigenvalue weighted by molar-refractivity contribution is 5.92. The average molecular weight is 251 g/mol. The Labute approximate surface area is 108 Å². The number of hydrogen-bond acceptors (Lipinski definition) is 3. The summed E-state index contributed by atoms with van der Waals surface area (Å²) in [5, 5.41) is 11.5. The first-order chi connectivity index (χ1) is 8.58. The van der Waals surface area contributed by atoms with Crippen molar-refractivity contribution in [2.24, 2.45) is 0 Å². The van der Waals surface area contributed by atoms with Gasteiger partial charge in [0.25, 0.3) is 0 Å². The molecule has 0 aromatic heterocycles. The molecule has 1 rings (SSSR count). The fourth-order valence-corrected chi connectivity index (χ4v) is 1.62. The van der Waals surface area contributed by atoms with Gasteiger partial charge in [-0.3, -0.25) is 4.79 Å². The lowest BCUT2D eigenvalue weighted by Crippen LogP contribution is -2.12. The lowest BCUT2D eigenvalue weighted by atomic mass is 10.0. The molecule has 0 aliphatic rings. The standard InChI is InChI=1S/C14H21NO3/c1-10(2)11-6-7-12(13(9-11)18-3)15-14(17)5-4-8-16/h6-7,9-10,16H,4-5,8H2,1-3H3,(H,15,17). The number of carbonyl (C=O) groups excluding carboxylic acids is 1. The molecule has 2 N–H and O–H groups in total. The quantitative estimate of drug-likeness (QED) is 0.816. The highest BCUT2D eigenvalue weighted by Crippen LogP contribution is 2.28. The summed E-state index contributed by atoms with van der Waals surface area (Å²) in [5.41, 5.74) is 1.84. The van der Waals surface area contributed by atoms with Crippen LogP contribution in [-0.4, -0.2) is 24.7 Å². The predicted molar refractivity (Wildman–Crippen MR) is 72.0 cm³/mol. The number of nitrogens with one attached hydrogen (secondary N) is 1. The number of rotatable bonds is 6. The Morgan fingerprint density at radius 1 is 1.44 bits per heavy atom. The molecule has 1 aromatic rings. The van der Waals surface area contributed by atoms with Gasteiger partial charge >= 0.3 is 0 Å². The van der Waals surface area contributed by atoms with E-state index in [2.05, 4.69) is 19.2 Å². The second kappa shape index (κ2) is 7.01. The Balaban J connectivity index is 2.79. The van der Waals surface area contributed by atoms with Crippen LogP contribution in [0.5, 0.6) is 5.75 Å². The second-order valence-corrected chi connectivity index (χ2v) is 4.49. The number of ether oxygens (including phenoxy) is 1. The first kappa shape index (κ1) is 14.5. The first-order valence-electron chi connectivity index (χ1n) is 6.17. The van der Waals surface area contributed by atoms with Crippen molar-refractivity contribution in [3.63, 3.8) is 0 Å². The lowest BCUT2D eigenvalue weighted by Gasteiger charge is -2.13. The minimum atomic E-state index is -0.111. The number of hydrogen-bond donors (Lipinski definition) is 2. The predicted octanol–water partition coefficient (Wildman–Crippen LogP) is 2.53. The smallest absolute Gasteiger partial charge is 0.224 e. The number of aliphatic hydroxyl groups excluding tert-OH is 1. The second-order valence-electron chi connectivity index (χ2n) is 4.49. The van der Waals surface area contributed by atoms with Gasteiger partial charge < -0.3 is 15.2 Å². The van der Waals surface area contributed by atoms with Crippen LogP contribution in [0.2, 0.25) is 0 Å². The van der Waals surface area contributed by atoms with Crippen LogP contribution >= 0.6 is 0 Å². The van der Waals surface area contributed by atoms with Crippen LogP contribution in [0.15, 0.2) is 18.2 Å². The molecule has 0 spiro atoms. The molecule has 4 heteroatoms. The van der Waals surface area contributed by atoms with E-state index in [1.165, 1.54) is 5.56 Å². The molecule has 0 heterocycles. The summed E-state index contributed by atoms with van der Waals surface area (Å²) in [5.74, 6) is 0.969. The Hall–Kier alpha value is -1.55. The van der Waals surface area contributed by atoms with Gasteiger partial charge in [-0.15, -0.1) is 0 Å². The molecule has 0 bridgehead atoms. The SMILES string of the molecule is COc1cc(C(C)C)ccc1NC(=O)CCCO. The number of aliphatic hydroxyl groups is 1. The maximum absolute atomic E-state index is 11.6. The van der Waals surface area contributed by atoms with Crippen LogP contribution in [-0.2, 0) is 4.79 Å². The number of anilines is 1. The van der Waals surface area contributed by atoms with Crippen LogP contribution in [0.4, 0.5) is 5.69 Å². The minimum Gasteiger partial charge on any atom is -0.495 e. The van der Waals surface area contributed by atoms with Crippen LogP contribution in [0.25, 0.3) is 0 Å². The summed E-state index contributed by atoms with van der Waals surface area (Å²) in [6.07, 6.45) is 0.782. The van der Waals surface area contributed by atoms with Gasteiger partial charge in [-0.05, 0) is 30.0 Å². The molecule has 0 aliphatic carbocycles. The highest BCUT2D eigenvalue weighted by atomic mass is 16.5. The van der Waals surface area contributed by atoms with E-state index in [0.717, 1.165) is 0 Å². The molecule has 100 valence electrons. The molecule has 0 saturated heterocycles. The molecular weight excluding hydrogens is 230 g/mol. The monoisotopic (exact) mass is 251 g/mol. The van der Waals surface area contributed by atoms with Gasteiger partial charge in [0.05, 0.1) is 12.8 Å². The lowest BCUT2D eigenvalue weighted by molar-refractivity contribution is -0.116. The zero-order chi connectivity index (χ0) is 13.5. The number of methoxy groups -OCH3 is 1. The van der Waals surface area contributed by atoms with E-state index in [0.29, 0.717) is 30.2 Å². The zero-order valence-electron chi connectivity index (χ0n) is 11.2. The fraction of sp³-hybridized carbons (Fsp3) is 0.500. The summed E-state index contributed by atoms with van der Waals surface area (Å²) in [4.78, 5) is 11.6. The van der Waals surface area contributed by atoms with Crippen molar-refractivity contribution < 1.29 is 14.6 Å². The van der Waals surface area contributed by atoms with Gasteiger partial charge in [0.15, 0.2) is 0 Å². The first-order valence-corrected chi connectivity index (χ1v) is 6.17. The third kappa shape index (κ3) is 4.04. The van der Waals surface area contributed by atoms with Gasteiger partial charge in [-0.25, -0.2) is 0 Å². The molecule has 0 unspecified atom stereocenters. The normalized spacial score (nSPS) is 10.5. The van der Waals surface area contributed by atoms with Crippen molar-refractivity contribution in [1.82, 2.24) is 0 Å². The molecule has 0 aliphatic heterocycles. The molecule has 0 atom stereocenters. The average Bonchev–Trinajstić information content (AvgIpc) is 2.36. The number of benzene rings is 1. The molecule has 0 fully saturated rings. The Morgan fingerprint density at radius 2 is 2.17 bits per heavy atom. The van der Waals surface area contributed by atoms with Crippen molar-refractivity contribution in [2.75, 3.05) is 19.0 Å². The Bertz CT molecular complexity index is 402. The van der Waals surface area contributed by atoms with Gasteiger partial charge in [0.2, 0.25) is 5.91 Å². The number of carbonyl (C=O) groups is 1. The zero-order valence-corrected chi connectivity index (χ0v) is 11.2. The summed E-state index contributed by atoms with van der Waals surface area (Å²) in [6, 6.07) is 5.77. The molecule has 0 saturated carbocycles. The highest BCUT2D eigenvalue weighted by Gasteiger charge is 2.09. The molecule has 18 heavy (non-hydrogen) atoms. The minimum absolute atomic E-state index is 0.0246. The third-order valence-corrected chi connectivity index (χ3v) is 2.73. The van der Waals surface area contributed by atoms with Crippen molar-refractivity contribution in [1.29, 1.82) is 0 Å². The molecular formula is C14H21NO3. The third-order valence-electron chi connectivity index (χ3n) is 2.73. The van der Waals surface area contributed by atoms with E-state index < -0.39 is 0 Å². The molecule has 4 nitrogen and oxygen atoms in total. The summed E-state index contributed by atoms with van der Waals surface area (Å²) >= 11 is 0. The van der Waals surface area contributed by atoms with Crippen molar-refractivity contribution >= 4 is 11.6 Å². The van der Waals surface area contributed by atoms with Gasteiger partial charge in [0.1, 0.15) is 5.75 Å². The molecule has 1 aromatic carbocycles. The van der Waals surface area contributed by atoms with Gasteiger partial charge in [-0.1, -0.05) is 19.9 Å².